The molecular formula is C12H25NO3Si. The van der Waals surface area contributed by atoms with E-state index in [9.17, 15) is 9.90 Å². The maximum absolute atomic E-state index is 11.3. The van der Waals surface area contributed by atoms with Crippen LogP contribution in [0, 0.1) is 0 Å². The molecule has 0 aromatic heterocycles. The summed E-state index contributed by atoms with van der Waals surface area (Å²) >= 11 is 0. The molecule has 0 spiro atoms. The summed E-state index contributed by atoms with van der Waals surface area (Å²) in [4.78, 5) is 11.3. The van der Waals surface area contributed by atoms with Gasteiger partial charge in [-0.25, -0.2) is 0 Å². The lowest BCUT2D eigenvalue weighted by molar-refractivity contribution is -0.126. The smallest absolute Gasteiger partial charge is 0.245 e. The van der Waals surface area contributed by atoms with Crippen LogP contribution in [-0.4, -0.2) is 31.5 Å². The van der Waals surface area contributed by atoms with Gasteiger partial charge in [0, 0.05) is 6.42 Å². The van der Waals surface area contributed by atoms with Crippen LogP contribution in [0.5, 0.6) is 0 Å². The van der Waals surface area contributed by atoms with E-state index in [1.165, 1.54) is 6.08 Å². The Labute approximate surface area is 105 Å². The summed E-state index contributed by atoms with van der Waals surface area (Å²) < 4.78 is 5.89. The third-order valence-electron chi connectivity index (χ3n) is 3.29. The monoisotopic (exact) mass is 259 g/mol. The van der Waals surface area contributed by atoms with Crippen molar-refractivity contribution in [1.82, 2.24) is 0 Å². The second kappa shape index (κ2) is 5.80. The second-order valence-corrected chi connectivity index (χ2v) is 10.6. The molecule has 0 bridgehead atoms. The topological polar surface area (TPSA) is 72.6 Å². The average molecular weight is 259 g/mol. The quantitative estimate of drug-likeness (QED) is 0.564. The number of aliphatic hydroxyl groups excluding tert-OH is 1. The van der Waals surface area contributed by atoms with Crippen molar-refractivity contribution in [2.24, 2.45) is 5.73 Å². The molecule has 100 valence electrons. The highest BCUT2D eigenvalue weighted by Crippen LogP contribution is 2.37. The first-order chi connectivity index (χ1) is 7.51. The Balaban J connectivity index is 4.77. The van der Waals surface area contributed by atoms with Crippen LogP contribution >= 0.6 is 0 Å². The zero-order chi connectivity index (χ0) is 13.9. The van der Waals surface area contributed by atoms with E-state index >= 15 is 0 Å². The Bertz CT molecular complexity index is 284. The molecule has 5 heteroatoms. The maximum Gasteiger partial charge on any atom is 0.245 e. The normalized spacial score (nSPS) is 16.4. The van der Waals surface area contributed by atoms with Gasteiger partial charge >= 0.3 is 0 Å². The Morgan fingerprint density at radius 1 is 1.53 bits per heavy atom. The number of carbonyl (C=O) groups is 1. The summed E-state index contributed by atoms with van der Waals surface area (Å²) in [5, 5.41) is 9.49. The summed E-state index contributed by atoms with van der Waals surface area (Å²) in [6.07, 6.45) is 0.0391. The Kier molecular flexibility index (Phi) is 5.57. The number of primary amides is 1. The SMILES string of the molecule is C=C[C@@H](O)C[C@H](O[Si](C)(C)C(C)(C)C)C(N)=O. The number of hydrogen-bond acceptors (Lipinski definition) is 3. The van der Waals surface area contributed by atoms with Crippen LogP contribution in [0.1, 0.15) is 27.2 Å². The third kappa shape index (κ3) is 5.02. The highest BCUT2D eigenvalue weighted by Gasteiger charge is 2.40. The van der Waals surface area contributed by atoms with Crippen molar-refractivity contribution in [3.8, 4) is 0 Å². The van der Waals surface area contributed by atoms with Crippen molar-refractivity contribution >= 4 is 14.2 Å². The maximum atomic E-state index is 11.3. The van der Waals surface area contributed by atoms with Gasteiger partial charge in [-0.3, -0.25) is 4.79 Å². The highest BCUT2D eigenvalue weighted by atomic mass is 28.4. The van der Waals surface area contributed by atoms with Crippen LogP contribution in [0.4, 0.5) is 0 Å². The molecule has 0 aliphatic carbocycles. The minimum atomic E-state index is -2.06. The van der Waals surface area contributed by atoms with Gasteiger partial charge < -0.3 is 15.3 Å². The molecule has 0 fully saturated rings. The number of carbonyl (C=O) groups excluding carboxylic acids is 1. The Morgan fingerprint density at radius 2 is 2.00 bits per heavy atom. The molecule has 0 heterocycles. The van der Waals surface area contributed by atoms with Crippen LogP contribution in [0.3, 0.4) is 0 Å². The van der Waals surface area contributed by atoms with Crippen molar-refractivity contribution in [3.05, 3.63) is 12.7 Å². The lowest BCUT2D eigenvalue weighted by Crippen LogP contribution is -2.48. The minimum absolute atomic E-state index is 0.000167. The summed E-state index contributed by atoms with van der Waals surface area (Å²) in [5.74, 6) is -0.532. The van der Waals surface area contributed by atoms with Crippen molar-refractivity contribution in [1.29, 1.82) is 0 Å². The van der Waals surface area contributed by atoms with E-state index < -0.39 is 26.4 Å². The largest absolute Gasteiger partial charge is 0.405 e. The molecule has 4 nitrogen and oxygen atoms in total. The van der Waals surface area contributed by atoms with E-state index in [4.69, 9.17) is 10.2 Å². The van der Waals surface area contributed by atoms with E-state index in [-0.39, 0.29) is 11.5 Å². The number of amides is 1. The fourth-order valence-corrected chi connectivity index (χ4v) is 2.35. The Morgan fingerprint density at radius 3 is 2.29 bits per heavy atom. The summed E-state index contributed by atoms with van der Waals surface area (Å²) in [5.41, 5.74) is 5.30. The molecule has 0 aliphatic heterocycles. The second-order valence-electron chi connectivity index (χ2n) is 5.81. The Hall–Kier alpha value is -0.653. The molecule has 0 radical (unpaired) electrons. The average Bonchev–Trinajstić information content (AvgIpc) is 2.14. The molecular weight excluding hydrogens is 234 g/mol. The van der Waals surface area contributed by atoms with Crippen LogP contribution in [0.2, 0.25) is 18.1 Å². The molecule has 0 saturated carbocycles. The van der Waals surface area contributed by atoms with E-state index in [1.54, 1.807) is 0 Å². The molecule has 0 aromatic rings. The lowest BCUT2D eigenvalue weighted by atomic mass is 10.1. The van der Waals surface area contributed by atoms with Gasteiger partial charge in [0.2, 0.25) is 5.91 Å². The highest BCUT2D eigenvalue weighted by molar-refractivity contribution is 6.74. The zero-order valence-electron chi connectivity index (χ0n) is 11.5. The van der Waals surface area contributed by atoms with Gasteiger partial charge in [0.1, 0.15) is 6.10 Å². The van der Waals surface area contributed by atoms with Gasteiger partial charge in [0.15, 0.2) is 8.32 Å². The van der Waals surface area contributed by atoms with E-state index in [0.717, 1.165) is 0 Å². The third-order valence-corrected chi connectivity index (χ3v) is 7.77. The molecule has 0 rings (SSSR count). The standard InChI is InChI=1S/C12H25NO3Si/c1-7-9(14)8-10(11(13)15)16-17(5,6)12(2,3)4/h7,9-10,14H,1,8H2,2-6H3,(H2,13,15)/t9-,10+/m1/s1. The number of nitrogens with two attached hydrogens (primary N) is 1. The molecule has 3 N–H and O–H groups in total. The van der Waals surface area contributed by atoms with Gasteiger partial charge in [-0.2, -0.15) is 0 Å². The van der Waals surface area contributed by atoms with Crippen molar-refractivity contribution < 1.29 is 14.3 Å². The van der Waals surface area contributed by atoms with E-state index in [0.29, 0.717) is 0 Å². The van der Waals surface area contributed by atoms with Crippen molar-refractivity contribution in [2.75, 3.05) is 0 Å². The minimum Gasteiger partial charge on any atom is -0.405 e. The molecule has 17 heavy (non-hydrogen) atoms. The van der Waals surface area contributed by atoms with Crippen molar-refractivity contribution in [3.63, 3.8) is 0 Å². The van der Waals surface area contributed by atoms with E-state index in [1.807, 2.05) is 13.1 Å². The van der Waals surface area contributed by atoms with Crippen LogP contribution in [0.25, 0.3) is 0 Å². The van der Waals surface area contributed by atoms with Gasteiger partial charge in [0.25, 0.3) is 0 Å². The summed E-state index contributed by atoms with van der Waals surface area (Å²) in [6, 6.07) is 0. The fourth-order valence-electron chi connectivity index (χ4n) is 1.07. The van der Waals surface area contributed by atoms with Gasteiger partial charge in [0.05, 0.1) is 6.10 Å². The van der Waals surface area contributed by atoms with Crippen LogP contribution < -0.4 is 5.73 Å². The fraction of sp³-hybridized carbons (Fsp3) is 0.750. The van der Waals surface area contributed by atoms with Crippen molar-refractivity contribution in [2.45, 2.75) is 57.5 Å². The zero-order valence-corrected chi connectivity index (χ0v) is 12.5. The summed E-state index contributed by atoms with van der Waals surface area (Å²) in [6.45, 7) is 13.8. The first-order valence-electron chi connectivity index (χ1n) is 5.79. The van der Waals surface area contributed by atoms with Crippen LogP contribution in [-0.2, 0) is 9.22 Å². The molecule has 0 aliphatic rings. The van der Waals surface area contributed by atoms with Gasteiger partial charge in [-0.05, 0) is 18.1 Å². The molecule has 2 atom stereocenters. The number of hydrogen-bond donors (Lipinski definition) is 2. The van der Waals surface area contributed by atoms with E-state index in [2.05, 4.69) is 27.4 Å². The van der Waals surface area contributed by atoms with Crippen LogP contribution in [0.15, 0.2) is 12.7 Å². The molecule has 1 amide bonds. The van der Waals surface area contributed by atoms with Gasteiger partial charge in [-0.15, -0.1) is 6.58 Å². The summed E-state index contributed by atoms with van der Waals surface area (Å²) in [7, 11) is -2.06. The van der Waals surface area contributed by atoms with Gasteiger partial charge in [-0.1, -0.05) is 26.8 Å². The lowest BCUT2D eigenvalue weighted by Gasteiger charge is -2.38. The predicted octanol–water partition coefficient (Wildman–Crippen LogP) is 1.80. The molecule has 0 aromatic carbocycles. The number of aliphatic hydroxyl groups is 1. The first-order valence-corrected chi connectivity index (χ1v) is 8.70. The predicted molar refractivity (Wildman–Crippen MR) is 72.1 cm³/mol. The molecule has 0 saturated heterocycles. The number of rotatable bonds is 6. The first kappa shape index (κ1) is 16.3. The molecule has 0 unspecified atom stereocenters.